The third kappa shape index (κ3) is 4.00. The molecule has 2 aromatic heterocycles. The van der Waals surface area contributed by atoms with Gasteiger partial charge in [-0.2, -0.15) is 0 Å². The second-order valence-electron chi connectivity index (χ2n) is 8.17. The Kier molecular flexibility index (Phi) is 5.42. The lowest BCUT2D eigenvalue weighted by molar-refractivity contribution is -0.116. The van der Waals surface area contributed by atoms with E-state index < -0.39 is 0 Å². The number of hydrogen-bond donors (Lipinski definition) is 2. The first-order chi connectivity index (χ1) is 15.7. The van der Waals surface area contributed by atoms with Gasteiger partial charge in [0.2, 0.25) is 5.91 Å². The maximum Gasteiger partial charge on any atom is 0.224 e. The molecule has 158 valence electrons. The highest BCUT2D eigenvalue weighted by molar-refractivity contribution is 6.02. The van der Waals surface area contributed by atoms with Gasteiger partial charge in [0.25, 0.3) is 0 Å². The molecule has 0 atom stereocenters. The van der Waals surface area contributed by atoms with Gasteiger partial charge in [0.15, 0.2) is 0 Å². The van der Waals surface area contributed by atoms with E-state index in [1.165, 1.54) is 16.5 Å². The molecule has 0 saturated heterocycles. The number of pyridine rings is 1. The molecule has 5 aromatic rings. The van der Waals surface area contributed by atoms with Crippen LogP contribution in [0.25, 0.3) is 33.1 Å². The zero-order valence-electron chi connectivity index (χ0n) is 18.1. The smallest absolute Gasteiger partial charge is 0.224 e. The molecule has 0 spiro atoms. The summed E-state index contributed by atoms with van der Waals surface area (Å²) in [5, 5.41) is 6.49. The number of anilines is 1. The fourth-order valence-corrected chi connectivity index (χ4v) is 4.32. The zero-order chi connectivity index (χ0) is 21.9. The summed E-state index contributed by atoms with van der Waals surface area (Å²) in [6.07, 6.45) is 3.84. The van der Waals surface area contributed by atoms with Gasteiger partial charge in [0.1, 0.15) is 0 Å². The van der Waals surface area contributed by atoms with Crippen LogP contribution in [0.2, 0.25) is 0 Å². The maximum absolute atomic E-state index is 12.7. The standard InChI is InChI=1S/C28H25N3O/c1-19-15-16-25-23(18-19)22(28(31-25)26-12-4-5-17-29-26)11-7-14-27(32)30-24-13-6-9-20-8-2-3-10-21(20)24/h2-6,8-10,12-13,15-18,31H,7,11,14H2,1H3,(H,30,32). The monoisotopic (exact) mass is 419 g/mol. The summed E-state index contributed by atoms with van der Waals surface area (Å²) in [6, 6.07) is 26.5. The quantitative estimate of drug-likeness (QED) is 0.324. The van der Waals surface area contributed by atoms with Crippen LogP contribution in [0.4, 0.5) is 5.69 Å². The van der Waals surface area contributed by atoms with E-state index in [0.717, 1.165) is 46.2 Å². The Hall–Kier alpha value is -3.92. The molecule has 0 aliphatic rings. The van der Waals surface area contributed by atoms with Gasteiger partial charge in [-0.05, 0) is 61.0 Å². The molecule has 2 N–H and O–H groups in total. The van der Waals surface area contributed by atoms with Gasteiger partial charge in [-0.3, -0.25) is 9.78 Å². The predicted octanol–water partition coefficient (Wildman–Crippen LogP) is 6.65. The number of fused-ring (bicyclic) bond motifs is 2. The van der Waals surface area contributed by atoms with Crippen LogP contribution >= 0.6 is 0 Å². The second kappa shape index (κ2) is 8.67. The molecule has 2 heterocycles. The summed E-state index contributed by atoms with van der Waals surface area (Å²) in [5.41, 5.74) is 6.38. The number of nitrogens with zero attached hydrogens (tertiary/aromatic N) is 1. The third-order valence-electron chi connectivity index (χ3n) is 5.88. The van der Waals surface area contributed by atoms with Crippen LogP contribution in [-0.2, 0) is 11.2 Å². The molecule has 4 heteroatoms. The van der Waals surface area contributed by atoms with Gasteiger partial charge in [-0.15, -0.1) is 0 Å². The van der Waals surface area contributed by atoms with Crippen molar-refractivity contribution in [2.45, 2.75) is 26.2 Å². The number of rotatable bonds is 6. The molecule has 0 aliphatic carbocycles. The minimum atomic E-state index is 0.0387. The summed E-state index contributed by atoms with van der Waals surface area (Å²) in [7, 11) is 0. The molecule has 0 aliphatic heterocycles. The van der Waals surface area contributed by atoms with Crippen molar-refractivity contribution in [1.82, 2.24) is 9.97 Å². The van der Waals surface area contributed by atoms with Crippen LogP contribution in [-0.4, -0.2) is 15.9 Å². The van der Waals surface area contributed by atoms with Crippen molar-refractivity contribution in [2.24, 2.45) is 0 Å². The van der Waals surface area contributed by atoms with Crippen LogP contribution in [0.3, 0.4) is 0 Å². The molecule has 0 radical (unpaired) electrons. The summed E-state index contributed by atoms with van der Waals surface area (Å²) in [6.45, 7) is 2.11. The Balaban J connectivity index is 1.35. The second-order valence-corrected chi connectivity index (χ2v) is 8.17. The van der Waals surface area contributed by atoms with Gasteiger partial charge in [0, 0.05) is 34.6 Å². The van der Waals surface area contributed by atoms with Crippen molar-refractivity contribution in [3.63, 3.8) is 0 Å². The van der Waals surface area contributed by atoms with E-state index in [-0.39, 0.29) is 5.91 Å². The zero-order valence-corrected chi connectivity index (χ0v) is 18.1. The molecular formula is C28H25N3O. The van der Waals surface area contributed by atoms with Crippen molar-refractivity contribution in [1.29, 1.82) is 0 Å². The number of aromatic nitrogens is 2. The van der Waals surface area contributed by atoms with Crippen LogP contribution in [0, 0.1) is 6.92 Å². The van der Waals surface area contributed by atoms with Crippen molar-refractivity contribution in [3.05, 3.63) is 96.2 Å². The average Bonchev–Trinajstić information content (AvgIpc) is 3.17. The Labute approximate surface area is 187 Å². The molecule has 0 bridgehead atoms. The number of benzene rings is 3. The Morgan fingerprint density at radius 3 is 2.66 bits per heavy atom. The van der Waals surface area contributed by atoms with Crippen molar-refractivity contribution in [3.8, 4) is 11.4 Å². The third-order valence-corrected chi connectivity index (χ3v) is 5.88. The minimum Gasteiger partial charge on any atom is -0.353 e. The molecule has 4 nitrogen and oxygen atoms in total. The summed E-state index contributed by atoms with van der Waals surface area (Å²) in [4.78, 5) is 20.8. The number of hydrogen-bond acceptors (Lipinski definition) is 2. The highest BCUT2D eigenvalue weighted by Gasteiger charge is 2.15. The van der Waals surface area contributed by atoms with Crippen molar-refractivity contribution < 1.29 is 4.79 Å². The number of carbonyl (C=O) groups excluding carboxylic acids is 1. The molecule has 5 rings (SSSR count). The minimum absolute atomic E-state index is 0.0387. The highest BCUT2D eigenvalue weighted by Crippen LogP contribution is 2.31. The van der Waals surface area contributed by atoms with E-state index >= 15 is 0 Å². The molecular weight excluding hydrogens is 394 g/mol. The lowest BCUT2D eigenvalue weighted by atomic mass is 10.0. The van der Waals surface area contributed by atoms with Crippen molar-refractivity contribution in [2.75, 3.05) is 5.32 Å². The molecule has 32 heavy (non-hydrogen) atoms. The SMILES string of the molecule is Cc1ccc2[nH]c(-c3ccccn3)c(CCCC(=O)Nc3cccc4ccccc34)c2c1. The predicted molar refractivity (Wildman–Crippen MR) is 132 cm³/mol. The van der Waals surface area contributed by atoms with E-state index in [0.29, 0.717) is 6.42 Å². The fraction of sp³-hybridized carbons (Fsp3) is 0.143. The van der Waals surface area contributed by atoms with Gasteiger partial charge < -0.3 is 10.3 Å². The molecule has 0 unspecified atom stereocenters. The number of H-pyrrole nitrogens is 1. The van der Waals surface area contributed by atoms with E-state index in [1.54, 1.807) is 0 Å². The first-order valence-corrected chi connectivity index (χ1v) is 11.0. The Morgan fingerprint density at radius 2 is 1.78 bits per heavy atom. The van der Waals surface area contributed by atoms with E-state index in [1.807, 2.05) is 54.7 Å². The van der Waals surface area contributed by atoms with E-state index in [4.69, 9.17) is 0 Å². The highest BCUT2D eigenvalue weighted by atomic mass is 16.1. The normalized spacial score (nSPS) is 11.2. The summed E-state index contributed by atoms with van der Waals surface area (Å²) in [5.74, 6) is 0.0387. The fourth-order valence-electron chi connectivity index (χ4n) is 4.32. The summed E-state index contributed by atoms with van der Waals surface area (Å²) >= 11 is 0. The number of amides is 1. The number of aromatic amines is 1. The molecule has 0 fully saturated rings. The van der Waals surface area contributed by atoms with Crippen LogP contribution in [0.1, 0.15) is 24.0 Å². The van der Waals surface area contributed by atoms with Crippen LogP contribution in [0.15, 0.2) is 85.1 Å². The van der Waals surface area contributed by atoms with E-state index in [9.17, 15) is 4.79 Å². The summed E-state index contributed by atoms with van der Waals surface area (Å²) < 4.78 is 0. The Bertz CT molecular complexity index is 1400. The lowest BCUT2D eigenvalue weighted by Gasteiger charge is -2.09. The van der Waals surface area contributed by atoms with Crippen LogP contribution in [0.5, 0.6) is 0 Å². The molecule has 3 aromatic carbocycles. The maximum atomic E-state index is 12.7. The topological polar surface area (TPSA) is 57.8 Å². The van der Waals surface area contributed by atoms with Gasteiger partial charge in [0.05, 0.1) is 11.4 Å². The van der Waals surface area contributed by atoms with Crippen LogP contribution < -0.4 is 5.32 Å². The first-order valence-electron chi connectivity index (χ1n) is 11.0. The van der Waals surface area contributed by atoms with Crippen molar-refractivity contribution >= 4 is 33.3 Å². The molecule has 0 saturated carbocycles. The lowest BCUT2D eigenvalue weighted by Crippen LogP contribution is -2.11. The Morgan fingerprint density at radius 1 is 0.938 bits per heavy atom. The van der Waals surface area contributed by atoms with Gasteiger partial charge in [-0.1, -0.05) is 54.1 Å². The molecule has 1 amide bonds. The van der Waals surface area contributed by atoms with Gasteiger partial charge in [-0.25, -0.2) is 0 Å². The number of aryl methyl sites for hydroxylation is 2. The number of nitrogens with one attached hydrogen (secondary N) is 2. The van der Waals surface area contributed by atoms with E-state index in [2.05, 4.69) is 52.5 Å². The largest absolute Gasteiger partial charge is 0.353 e. The average molecular weight is 420 g/mol. The van der Waals surface area contributed by atoms with Gasteiger partial charge >= 0.3 is 0 Å². The first kappa shape index (κ1) is 20.0. The number of carbonyl (C=O) groups is 1.